The van der Waals surface area contributed by atoms with Gasteiger partial charge in [-0.2, -0.15) is 0 Å². The molecule has 0 aliphatic carbocycles. The molecule has 0 atom stereocenters. The van der Waals surface area contributed by atoms with Crippen molar-refractivity contribution >= 4 is 62.3 Å². The van der Waals surface area contributed by atoms with E-state index < -0.39 is 5.91 Å². The number of amides is 1. The number of anilines is 1. The van der Waals surface area contributed by atoms with Crippen LogP contribution in [0.2, 0.25) is 15.2 Å². The molecule has 0 radical (unpaired) electrons. The van der Waals surface area contributed by atoms with Crippen molar-refractivity contribution in [2.24, 2.45) is 0 Å². The molecule has 1 amide bonds. The highest BCUT2D eigenvalue weighted by Crippen LogP contribution is 2.27. The molecule has 1 heterocycles. The van der Waals surface area contributed by atoms with Gasteiger partial charge in [0, 0.05) is 10.7 Å². The van der Waals surface area contributed by atoms with Crippen molar-refractivity contribution in [2.75, 3.05) is 5.32 Å². The predicted molar refractivity (Wildman–Crippen MR) is 81.4 cm³/mol. The molecule has 0 spiro atoms. The van der Waals surface area contributed by atoms with Gasteiger partial charge in [0.1, 0.15) is 5.15 Å². The average molecular weight is 380 g/mol. The van der Waals surface area contributed by atoms with Gasteiger partial charge in [-0.05, 0) is 24.3 Å². The topological polar surface area (TPSA) is 42.0 Å². The summed E-state index contributed by atoms with van der Waals surface area (Å²) in [7, 11) is 0. The van der Waals surface area contributed by atoms with E-state index in [9.17, 15) is 4.79 Å². The summed E-state index contributed by atoms with van der Waals surface area (Å²) in [5.74, 6) is -0.404. The molecule has 0 unspecified atom stereocenters. The number of hydrogen-bond donors (Lipinski definition) is 1. The van der Waals surface area contributed by atoms with Gasteiger partial charge >= 0.3 is 0 Å². The third-order valence-corrected chi connectivity index (χ3v) is 3.56. The van der Waals surface area contributed by atoms with Crippen LogP contribution in [0.5, 0.6) is 0 Å². The molecule has 0 fully saturated rings. The first kappa shape index (κ1) is 14.6. The zero-order valence-electron chi connectivity index (χ0n) is 9.25. The number of pyridine rings is 1. The molecular formula is C12H6BrCl3N2O. The van der Waals surface area contributed by atoms with Gasteiger partial charge in [0.2, 0.25) is 0 Å². The van der Waals surface area contributed by atoms with Crippen molar-refractivity contribution < 1.29 is 4.79 Å². The van der Waals surface area contributed by atoms with Crippen LogP contribution in [-0.4, -0.2) is 10.9 Å². The van der Waals surface area contributed by atoms with Gasteiger partial charge in [0.05, 0.1) is 21.3 Å². The zero-order chi connectivity index (χ0) is 14.0. The third-order valence-electron chi connectivity index (χ3n) is 2.25. The van der Waals surface area contributed by atoms with Crippen LogP contribution in [0.25, 0.3) is 0 Å². The Morgan fingerprint density at radius 2 is 1.89 bits per heavy atom. The molecule has 1 N–H and O–H groups in total. The molecule has 0 saturated carbocycles. The van der Waals surface area contributed by atoms with Gasteiger partial charge in [-0.25, -0.2) is 4.98 Å². The van der Waals surface area contributed by atoms with Crippen LogP contribution in [-0.2, 0) is 0 Å². The minimum Gasteiger partial charge on any atom is -0.321 e. The van der Waals surface area contributed by atoms with Crippen LogP contribution in [0.4, 0.5) is 5.69 Å². The van der Waals surface area contributed by atoms with Crippen LogP contribution in [0, 0.1) is 0 Å². The molecule has 3 nitrogen and oxygen atoms in total. The number of nitrogens with zero attached hydrogens (tertiary/aromatic N) is 1. The molecule has 1 aromatic heterocycles. The highest BCUT2D eigenvalue weighted by Gasteiger charge is 2.13. The SMILES string of the molecule is O=C(Nc1ccc(Br)cc1Cl)c1cc(Cl)ncc1Cl. The number of benzene rings is 1. The van der Waals surface area contributed by atoms with Crippen LogP contribution >= 0.6 is 50.7 Å². The quantitative estimate of drug-likeness (QED) is 0.740. The van der Waals surface area contributed by atoms with Crippen LogP contribution < -0.4 is 5.32 Å². The lowest BCUT2D eigenvalue weighted by molar-refractivity contribution is 0.102. The fraction of sp³-hybridized carbons (Fsp3) is 0. The highest BCUT2D eigenvalue weighted by molar-refractivity contribution is 9.10. The van der Waals surface area contributed by atoms with Gasteiger partial charge in [-0.1, -0.05) is 50.7 Å². The van der Waals surface area contributed by atoms with Crippen molar-refractivity contribution in [3.8, 4) is 0 Å². The molecule has 7 heteroatoms. The molecule has 19 heavy (non-hydrogen) atoms. The summed E-state index contributed by atoms with van der Waals surface area (Å²) in [5, 5.41) is 3.48. The maximum absolute atomic E-state index is 12.1. The first-order valence-corrected chi connectivity index (χ1v) is 6.97. The average Bonchev–Trinajstić information content (AvgIpc) is 2.35. The first-order valence-electron chi connectivity index (χ1n) is 5.05. The van der Waals surface area contributed by atoms with Gasteiger partial charge < -0.3 is 5.32 Å². The summed E-state index contributed by atoms with van der Waals surface area (Å²) in [4.78, 5) is 15.9. The van der Waals surface area contributed by atoms with E-state index in [0.29, 0.717) is 10.7 Å². The van der Waals surface area contributed by atoms with E-state index in [0.717, 1.165) is 4.47 Å². The van der Waals surface area contributed by atoms with Crippen LogP contribution in [0.1, 0.15) is 10.4 Å². The smallest absolute Gasteiger partial charge is 0.257 e. The Bertz CT molecular complexity index is 649. The molecule has 98 valence electrons. The Hall–Kier alpha value is -0.810. The van der Waals surface area contributed by atoms with Crippen molar-refractivity contribution in [2.45, 2.75) is 0 Å². The summed E-state index contributed by atoms with van der Waals surface area (Å²) < 4.78 is 0.820. The summed E-state index contributed by atoms with van der Waals surface area (Å²) in [5.41, 5.74) is 0.722. The largest absolute Gasteiger partial charge is 0.321 e. The Labute approximate surface area is 133 Å². The summed E-state index contributed by atoms with van der Waals surface area (Å²) >= 11 is 20.9. The number of carbonyl (C=O) groups is 1. The van der Waals surface area contributed by atoms with Crippen molar-refractivity contribution in [1.82, 2.24) is 4.98 Å². The molecule has 0 aliphatic heterocycles. The number of halogens is 4. The van der Waals surface area contributed by atoms with E-state index in [4.69, 9.17) is 34.8 Å². The second kappa shape index (κ2) is 6.09. The number of aromatic nitrogens is 1. The van der Waals surface area contributed by atoms with Crippen molar-refractivity contribution in [1.29, 1.82) is 0 Å². The Morgan fingerprint density at radius 3 is 2.58 bits per heavy atom. The molecule has 2 aromatic rings. The second-order valence-electron chi connectivity index (χ2n) is 3.57. The van der Waals surface area contributed by atoms with Crippen molar-refractivity contribution in [3.63, 3.8) is 0 Å². The van der Waals surface area contributed by atoms with E-state index in [1.807, 2.05) is 0 Å². The van der Waals surface area contributed by atoms with Crippen molar-refractivity contribution in [3.05, 3.63) is 55.7 Å². The van der Waals surface area contributed by atoms with E-state index in [2.05, 4.69) is 26.2 Å². The monoisotopic (exact) mass is 378 g/mol. The lowest BCUT2D eigenvalue weighted by atomic mass is 10.2. The Kier molecular flexibility index (Phi) is 4.68. The lowest BCUT2D eigenvalue weighted by Crippen LogP contribution is -2.13. The molecule has 1 aromatic carbocycles. The number of hydrogen-bond acceptors (Lipinski definition) is 2. The summed E-state index contributed by atoms with van der Waals surface area (Å²) in [6.45, 7) is 0. The van der Waals surface area contributed by atoms with Gasteiger partial charge in [0.25, 0.3) is 5.91 Å². The second-order valence-corrected chi connectivity index (χ2v) is 5.68. The summed E-state index contributed by atoms with van der Waals surface area (Å²) in [6, 6.07) is 6.52. The van der Waals surface area contributed by atoms with Gasteiger partial charge in [-0.15, -0.1) is 0 Å². The minimum absolute atomic E-state index is 0.191. The predicted octanol–water partition coefficient (Wildman–Crippen LogP) is 5.06. The maximum Gasteiger partial charge on any atom is 0.257 e. The lowest BCUT2D eigenvalue weighted by Gasteiger charge is -2.08. The molecule has 0 aliphatic rings. The van der Waals surface area contributed by atoms with Gasteiger partial charge in [0.15, 0.2) is 0 Å². The Morgan fingerprint density at radius 1 is 1.16 bits per heavy atom. The highest BCUT2D eigenvalue weighted by atomic mass is 79.9. The van der Waals surface area contributed by atoms with E-state index >= 15 is 0 Å². The third kappa shape index (κ3) is 3.60. The van der Waals surface area contributed by atoms with E-state index in [-0.39, 0.29) is 15.7 Å². The van der Waals surface area contributed by atoms with E-state index in [1.165, 1.54) is 12.3 Å². The maximum atomic E-state index is 12.1. The standard InChI is InChI=1S/C12H6BrCl3N2O/c13-6-1-2-10(8(14)3-6)18-12(19)7-4-11(16)17-5-9(7)15/h1-5H,(H,18,19). The normalized spacial score (nSPS) is 10.3. The molecule has 2 rings (SSSR count). The van der Waals surface area contributed by atoms with Crippen LogP contribution in [0.3, 0.4) is 0 Å². The van der Waals surface area contributed by atoms with E-state index in [1.54, 1.807) is 18.2 Å². The number of rotatable bonds is 2. The fourth-order valence-electron chi connectivity index (χ4n) is 1.37. The van der Waals surface area contributed by atoms with Gasteiger partial charge in [-0.3, -0.25) is 4.79 Å². The molecular weight excluding hydrogens is 374 g/mol. The summed E-state index contributed by atoms with van der Waals surface area (Å²) in [6.07, 6.45) is 1.32. The molecule has 0 bridgehead atoms. The number of nitrogens with one attached hydrogen (secondary N) is 1. The Balaban J connectivity index is 2.28. The van der Waals surface area contributed by atoms with Crippen LogP contribution in [0.15, 0.2) is 34.9 Å². The number of carbonyl (C=O) groups excluding carboxylic acids is 1. The fourth-order valence-corrected chi connectivity index (χ4v) is 2.44. The first-order chi connectivity index (χ1) is 8.97. The minimum atomic E-state index is -0.404. The molecule has 0 saturated heterocycles. The zero-order valence-corrected chi connectivity index (χ0v) is 13.1.